The highest BCUT2D eigenvalue weighted by Crippen LogP contribution is 2.16. The summed E-state index contributed by atoms with van der Waals surface area (Å²) in [5, 5.41) is 3.33. The summed E-state index contributed by atoms with van der Waals surface area (Å²) in [6.07, 6.45) is 4.48. The first-order valence-corrected chi connectivity index (χ1v) is 7.91. The van der Waals surface area contributed by atoms with Crippen molar-refractivity contribution in [2.45, 2.75) is 25.8 Å². The van der Waals surface area contributed by atoms with Crippen molar-refractivity contribution in [3.05, 3.63) is 30.1 Å². The fraction of sp³-hybridized carbons (Fsp3) is 0.583. The van der Waals surface area contributed by atoms with Gasteiger partial charge < -0.3 is 5.32 Å². The Morgan fingerprint density at radius 1 is 1.41 bits per heavy atom. The maximum Gasteiger partial charge on any atom is 0.147 e. The van der Waals surface area contributed by atoms with Gasteiger partial charge in [-0.05, 0) is 31.5 Å². The third kappa shape index (κ3) is 5.79. The van der Waals surface area contributed by atoms with E-state index in [2.05, 4.69) is 10.3 Å². The van der Waals surface area contributed by atoms with Crippen molar-refractivity contribution < 1.29 is 8.42 Å². The molecule has 1 heterocycles. The lowest BCUT2D eigenvalue weighted by Gasteiger charge is -2.16. The average Bonchev–Trinajstić information content (AvgIpc) is 2.27. The largest absolute Gasteiger partial charge is 0.309 e. The van der Waals surface area contributed by atoms with Gasteiger partial charge in [-0.1, -0.05) is 13.0 Å². The van der Waals surface area contributed by atoms with E-state index in [0.29, 0.717) is 6.42 Å². The quantitative estimate of drug-likeness (QED) is 0.804. The van der Waals surface area contributed by atoms with Crippen LogP contribution >= 0.6 is 0 Å². The highest BCUT2D eigenvalue weighted by Gasteiger charge is 2.12. The van der Waals surface area contributed by atoms with Crippen molar-refractivity contribution in [2.24, 2.45) is 0 Å². The second-order valence-electron chi connectivity index (χ2n) is 4.14. The van der Waals surface area contributed by atoms with Gasteiger partial charge in [0, 0.05) is 24.2 Å². The van der Waals surface area contributed by atoms with E-state index in [-0.39, 0.29) is 11.8 Å². The van der Waals surface area contributed by atoms with E-state index < -0.39 is 9.84 Å². The summed E-state index contributed by atoms with van der Waals surface area (Å²) >= 11 is 0. The number of pyridine rings is 1. The number of nitrogens with one attached hydrogen (secondary N) is 1. The number of hydrogen-bond acceptors (Lipinski definition) is 4. The SMILES string of the molecule is CCNC(CCCS(C)(=O)=O)c1ccccn1. The molecule has 0 aromatic carbocycles. The van der Waals surface area contributed by atoms with E-state index >= 15 is 0 Å². The molecule has 0 aliphatic rings. The summed E-state index contributed by atoms with van der Waals surface area (Å²) in [6, 6.07) is 5.93. The first-order valence-electron chi connectivity index (χ1n) is 5.85. The van der Waals surface area contributed by atoms with Gasteiger partial charge in [-0.15, -0.1) is 0 Å². The molecule has 0 bridgehead atoms. The Bertz CT molecular complexity index is 417. The second-order valence-corrected chi connectivity index (χ2v) is 6.40. The van der Waals surface area contributed by atoms with Gasteiger partial charge in [0.25, 0.3) is 0 Å². The van der Waals surface area contributed by atoms with E-state index in [0.717, 1.165) is 18.7 Å². The third-order valence-electron chi connectivity index (χ3n) is 2.50. The first kappa shape index (κ1) is 14.1. The molecule has 1 atom stereocenters. The van der Waals surface area contributed by atoms with Gasteiger partial charge in [-0.2, -0.15) is 0 Å². The highest BCUT2D eigenvalue weighted by molar-refractivity contribution is 7.90. The molecule has 0 aliphatic carbocycles. The number of hydrogen-bond donors (Lipinski definition) is 1. The molecule has 1 rings (SSSR count). The predicted molar refractivity (Wildman–Crippen MR) is 69.6 cm³/mol. The van der Waals surface area contributed by atoms with Crippen LogP contribution in [0.1, 0.15) is 31.5 Å². The topological polar surface area (TPSA) is 59.1 Å². The van der Waals surface area contributed by atoms with Crippen LogP contribution in [0, 0.1) is 0 Å². The lowest BCUT2D eigenvalue weighted by Crippen LogP contribution is -2.22. The van der Waals surface area contributed by atoms with Gasteiger partial charge in [0.15, 0.2) is 0 Å². The smallest absolute Gasteiger partial charge is 0.147 e. The minimum atomic E-state index is -2.87. The van der Waals surface area contributed by atoms with Crippen LogP contribution in [0.2, 0.25) is 0 Å². The van der Waals surface area contributed by atoms with E-state index in [9.17, 15) is 8.42 Å². The second kappa shape index (κ2) is 6.71. The molecule has 96 valence electrons. The van der Waals surface area contributed by atoms with E-state index in [1.807, 2.05) is 25.1 Å². The fourth-order valence-electron chi connectivity index (χ4n) is 1.73. The number of rotatable bonds is 7. The average molecular weight is 256 g/mol. The summed E-state index contributed by atoms with van der Waals surface area (Å²) in [5.74, 6) is 0.238. The first-order chi connectivity index (χ1) is 8.03. The maximum atomic E-state index is 11.1. The van der Waals surface area contributed by atoms with Crippen molar-refractivity contribution in [3.63, 3.8) is 0 Å². The van der Waals surface area contributed by atoms with E-state index in [4.69, 9.17) is 0 Å². The fourth-order valence-corrected chi connectivity index (χ4v) is 2.42. The Kier molecular flexibility index (Phi) is 5.58. The summed E-state index contributed by atoms with van der Waals surface area (Å²) in [6.45, 7) is 2.88. The van der Waals surface area contributed by atoms with Gasteiger partial charge in [-0.3, -0.25) is 4.98 Å². The molecule has 0 saturated carbocycles. The number of nitrogens with zero attached hydrogens (tertiary/aromatic N) is 1. The summed E-state index contributed by atoms with van der Waals surface area (Å²) in [5.41, 5.74) is 0.975. The van der Waals surface area contributed by atoms with Gasteiger partial charge in [0.2, 0.25) is 0 Å². The van der Waals surface area contributed by atoms with Gasteiger partial charge in [-0.25, -0.2) is 8.42 Å². The standard InChI is InChI=1S/C12H20N2O2S/c1-3-13-11(8-6-10-17(2,15)16)12-7-4-5-9-14-12/h4-5,7,9,11,13H,3,6,8,10H2,1-2H3. The molecule has 0 radical (unpaired) electrons. The van der Waals surface area contributed by atoms with Crippen LogP contribution in [0.15, 0.2) is 24.4 Å². The lowest BCUT2D eigenvalue weighted by molar-refractivity contribution is 0.496. The molecule has 1 N–H and O–H groups in total. The van der Waals surface area contributed by atoms with E-state index in [1.54, 1.807) is 6.20 Å². The van der Waals surface area contributed by atoms with Crippen LogP contribution in [0.3, 0.4) is 0 Å². The van der Waals surface area contributed by atoms with Gasteiger partial charge in [0.05, 0.1) is 5.69 Å². The van der Waals surface area contributed by atoms with Crippen LogP contribution in [-0.2, 0) is 9.84 Å². The number of aromatic nitrogens is 1. The number of sulfone groups is 1. The van der Waals surface area contributed by atoms with Crippen LogP contribution in [0.4, 0.5) is 0 Å². The molecule has 0 fully saturated rings. The maximum absolute atomic E-state index is 11.1. The predicted octanol–water partition coefficient (Wildman–Crippen LogP) is 1.56. The molecule has 1 unspecified atom stereocenters. The molecule has 1 aromatic heterocycles. The summed E-state index contributed by atoms with van der Waals surface area (Å²) in [4.78, 5) is 4.30. The van der Waals surface area contributed by atoms with Crippen molar-refractivity contribution in [1.82, 2.24) is 10.3 Å². The van der Waals surface area contributed by atoms with Crippen molar-refractivity contribution in [2.75, 3.05) is 18.6 Å². The van der Waals surface area contributed by atoms with E-state index in [1.165, 1.54) is 6.26 Å². The molecule has 1 aromatic rings. The molecule has 0 spiro atoms. The minimum absolute atomic E-state index is 0.142. The molecule has 0 saturated heterocycles. The highest BCUT2D eigenvalue weighted by atomic mass is 32.2. The van der Waals surface area contributed by atoms with Crippen LogP contribution in [0.25, 0.3) is 0 Å². The molecule has 17 heavy (non-hydrogen) atoms. The molecule has 4 nitrogen and oxygen atoms in total. The van der Waals surface area contributed by atoms with Gasteiger partial charge in [0.1, 0.15) is 9.84 Å². The monoisotopic (exact) mass is 256 g/mol. The summed E-state index contributed by atoms with van der Waals surface area (Å²) < 4.78 is 22.1. The lowest BCUT2D eigenvalue weighted by atomic mass is 10.1. The molecule has 0 aliphatic heterocycles. The zero-order valence-electron chi connectivity index (χ0n) is 10.4. The third-order valence-corrected chi connectivity index (χ3v) is 3.53. The van der Waals surface area contributed by atoms with Crippen LogP contribution < -0.4 is 5.32 Å². The zero-order valence-corrected chi connectivity index (χ0v) is 11.2. The Morgan fingerprint density at radius 3 is 2.71 bits per heavy atom. The van der Waals surface area contributed by atoms with Crippen molar-refractivity contribution >= 4 is 9.84 Å². The Hall–Kier alpha value is -0.940. The minimum Gasteiger partial charge on any atom is -0.309 e. The van der Waals surface area contributed by atoms with Gasteiger partial charge >= 0.3 is 0 Å². The Labute approximate surface area is 103 Å². The Morgan fingerprint density at radius 2 is 2.18 bits per heavy atom. The summed E-state index contributed by atoms with van der Waals surface area (Å²) in [7, 11) is -2.87. The van der Waals surface area contributed by atoms with Crippen molar-refractivity contribution in [1.29, 1.82) is 0 Å². The molecular weight excluding hydrogens is 236 g/mol. The Balaban J connectivity index is 2.56. The molecular formula is C12H20N2O2S. The zero-order chi connectivity index (χ0) is 12.7. The van der Waals surface area contributed by atoms with Crippen LogP contribution in [-0.4, -0.2) is 32.0 Å². The molecule has 0 amide bonds. The van der Waals surface area contributed by atoms with Crippen molar-refractivity contribution in [3.8, 4) is 0 Å². The van der Waals surface area contributed by atoms with Crippen LogP contribution in [0.5, 0.6) is 0 Å². The normalized spacial score (nSPS) is 13.5. The molecule has 5 heteroatoms.